The summed E-state index contributed by atoms with van der Waals surface area (Å²) in [6.45, 7) is 1.15. The van der Waals surface area contributed by atoms with Crippen molar-refractivity contribution in [1.82, 2.24) is 35.5 Å². The summed E-state index contributed by atoms with van der Waals surface area (Å²) in [5, 5.41) is 21.4. The van der Waals surface area contributed by atoms with E-state index in [1.807, 2.05) is 12.1 Å². The van der Waals surface area contributed by atoms with Crippen LogP contribution < -0.4 is 16.0 Å². The average molecular weight is 641 g/mol. The number of imidazole rings is 1. The zero-order chi connectivity index (χ0) is 30.9. The number of fused-ring (bicyclic) bond motifs is 4. The summed E-state index contributed by atoms with van der Waals surface area (Å²) in [7, 11) is 1.54. The van der Waals surface area contributed by atoms with Crippen molar-refractivity contribution in [2.45, 2.75) is 31.7 Å². The summed E-state index contributed by atoms with van der Waals surface area (Å²) >= 11 is 12.9. The van der Waals surface area contributed by atoms with Crippen LogP contribution >= 0.6 is 23.2 Å². The first-order chi connectivity index (χ1) is 21.4. The molecule has 4 aromatic rings. The molecule has 4 N–H and O–H groups in total. The maximum absolute atomic E-state index is 13.1. The molecule has 5 rings (SSSR count). The fourth-order valence-corrected chi connectivity index (χ4v) is 5.16. The van der Waals surface area contributed by atoms with Crippen LogP contribution in [0.25, 0.3) is 23.0 Å². The van der Waals surface area contributed by atoms with Gasteiger partial charge in [0.25, 0.3) is 0 Å². The SMILES string of the molecule is COCCOC(=O)Nc1ccc2c(c1)NCCCCC[C@H](NC(=O)/C=C/c1cc(Cl)ccc1-n1cnnn1)c1nc-2c(Cl)[nH]1. The first-order valence-corrected chi connectivity index (χ1v) is 14.7. The number of nitrogens with zero attached hydrogens (tertiary/aromatic N) is 5. The van der Waals surface area contributed by atoms with Gasteiger partial charge in [-0.3, -0.25) is 10.1 Å². The van der Waals surface area contributed by atoms with E-state index in [9.17, 15) is 9.59 Å². The number of amides is 2. The van der Waals surface area contributed by atoms with Gasteiger partial charge >= 0.3 is 6.09 Å². The van der Waals surface area contributed by atoms with Gasteiger partial charge in [-0.25, -0.2) is 9.78 Å². The number of H-pyrrole nitrogens is 1. The predicted octanol–water partition coefficient (Wildman–Crippen LogP) is 5.41. The van der Waals surface area contributed by atoms with Crippen LogP contribution in [0.3, 0.4) is 0 Å². The molecule has 2 aromatic carbocycles. The minimum Gasteiger partial charge on any atom is -0.447 e. The highest BCUT2D eigenvalue weighted by Gasteiger charge is 2.22. The molecule has 0 spiro atoms. The number of tetrazole rings is 1. The van der Waals surface area contributed by atoms with Crippen molar-refractivity contribution in [1.29, 1.82) is 0 Å². The molecule has 0 saturated carbocycles. The molecular formula is C29H31Cl2N9O4. The Labute approximate surface area is 263 Å². The van der Waals surface area contributed by atoms with Gasteiger partial charge < -0.3 is 25.1 Å². The molecule has 15 heteroatoms. The van der Waals surface area contributed by atoms with Crippen molar-refractivity contribution in [3.8, 4) is 16.9 Å². The molecule has 44 heavy (non-hydrogen) atoms. The van der Waals surface area contributed by atoms with Crippen LogP contribution in [-0.4, -0.2) is 69.0 Å². The fraction of sp³-hybridized carbons (Fsp3) is 0.310. The normalized spacial score (nSPS) is 15.0. The van der Waals surface area contributed by atoms with E-state index in [2.05, 4.69) is 36.5 Å². The number of aromatic nitrogens is 6. The molecule has 2 aromatic heterocycles. The van der Waals surface area contributed by atoms with Gasteiger partial charge in [0.1, 0.15) is 29.6 Å². The predicted molar refractivity (Wildman–Crippen MR) is 167 cm³/mol. The summed E-state index contributed by atoms with van der Waals surface area (Å²) in [5.74, 6) is 0.230. The molecule has 2 amide bonds. The van der Waals surface area contributed by atoms with E-state index in [1.165, 1.54) is 24.2 Å². The molecule has 0 fully saturated rings. The van der Waals surface area contributed by atoms with Gasteiger partial charge in [-0.2, -0.15) is 4.68 Å². The van der Waals surface area contributed by atoms with Crippen LogP contribution in [0.2, 0.25) is 10.2 Å². The second-order valence-electron chi connectivity index (χ2n) is 9.93. The number of anilines is 2. The zero-order valence-corrected chi connectivity index (χ0v) is 25.4. The molecule has 3 heterocycles. The lowest BCUT2D eigenvalue weighted by Crippen LogP contribution is -2.28. The number of rotatable bonds is 8. The molecule has 0 unspecified atom stereocenters. The van der Waals surface area contributed by atoms with Gasteiger partial charge in [0.15, 0.2) is 0 Å². The topological polar surface area (TPSA) is 161 Å². The molecule has 1 atom stereocenters. The number of carbonyl (C=O) groups is 2. The second kappa shape index (κ2) is 14.8. The number of halogens is 2. The van der Waals surface area contributed by atoms with Crippen molar-refractivity contribution in [2.24, 2.45) is 0 Å². The lowest BCUT2D eigenvalue weighted by molar-refractivity contribution is -0.117. The number of carbonyl (C=O) groups excluding carboxylic acids is 2. The smallest absolute Gasteiger partial charge is 0.411 e. The van der Waals surface area contributed by atoms with Gasteiger partial charge in [-0.15, -0.1) is 5.10 Å². The standard InChI is InChI=1S/C29H31Cl2N9O4/c1-43-13-14-44-29(42)34-20-8-9-21-23(16-20)32-12-4-2-3-5-22(28-36-26(21)27(31)37-28)35-25(41)11-6-18-15-19(30)7-10-24(18)40-17-33-38-39-40/h6-11,15-17,22,32H,2-5,12-14H2,1H3,(H,34,42)(H,35,41)(H,36,37)/b11-6+/t22-/m0/s1. The van der Waals surface area contributed by atoms with Crippen molar-refractivity contribution < 1.29 is 19.1 Å². The Kier molecular flexibility index (Phi) is 10.4. The van der Waals surface area contributed by atoms with Crippen LogP contribution in [0.5, 0.6) is 0 Å². The minimum absolute atomic E-state index is 0.146. The second-order valence-corrected chi connectivity index (χ2v) is 10.7. The van der Waals surface area contributed by atoms with E-state index in [1.54, 1.807) is 30.3 Å². The van der Waals surface area contributed by atoms with Gasteiger partial charge in [-0.1, -0.05) is 36.0 Å². The first kappa shape index (κ1) is 31.0. The quantitative estimate of drug-likeness (QED) is 0.146. The van der Waals surface area contributed by atoms with Crippen LogP contribution in [0.4, 0.5) is 16.2 Å². The van der Waals surface area contributed by atoms with Gasteiger partial charge in [0, 0.05) is 47.3 Å². The molecule has 1 aliphatic rings. The molecule has 2 bridgehead atoms. The Hall–Kier alpha value is -4.46. The highest BCUT2D eigenvalue weighted by molar-refractivity contribution is 6.32. The number of benzene rings is 2. The monoisotopic (exact) mass is 639 g/mol. The van der Waals surface area contributed by atoms with Crippen molar-refractivity contribution in [2.75, 3.05) is 37.5 Å². The summed E-state index contributed by atoms with van der Waals surface area (Å²) < 4.78 is 11.5. The van der Waals surface area contributed by atoms with E-state index in [0.29, 0.717) is 58.2 Å². The molecule has 0 radical (unpaired) electrons. The van der Waals surface area contributed by atoms with Crippen LogP contribution in [0.15, 0.2) is 48.8 Å². The summed E-state index contributed by atoms with van der Waals surface area (Å²) in [4.78, 5) is 33.2. The molecule has 1 aliphatic heterocycles. The fourth-order valence-electron chi connectivity index (χ4n) is 4.73. The first-order valence-electron chi connectivity index (χ1n) is 14.0. The Morgan fingerprint density at radius 3 is 2.84 bits per heavy atom. The van der Waals surface area contributed by atoms with Crippen molar-refractivity contribution >= 4 is 52.7 Å². The molecule has 230 valence electrons. The number of hydrogen-bond donors (Lipinski definition) is 4. The lowest BCUT2D eigenvalue weighted by atomic mass is 10.1. The van der Waals surface area contributed by atoms with Crippen LogP contribution in [0, 0.1) is 0 Å². The Bertz CT molecular complexity index is 1620. The zero-order valence-electron chi connectivity index (χ0n) is 23.8. The Balaban J connectivity index is 1.35. The maximum Gasteiger partial charge on any atom is 0.411 e. The summed E-state index contributed by atoms with van der Waals surface area (Å²) in [5.41, 5.74) is 3.92. The third kappa shape index (κ3) is 7.92. The number of nitrogens with one attached hydrogen (secondary N) is 4. The lowest BCUT2D eigenvalue weighted by Gasteiger charge is -2.17. The van der Waals surface area contributed by atoms with E-state index in [0.717, 1.165) is 30.5 Å². The number of ether oxygens (including phenoxy) is 2. The van der Waals surface area contributed by atoms with Gasteiger partial charge in [0.2, 0.25) is 5.91 Å². The van der Waals surface area contributed by atoms with Crippen LogP contribution in [0.1, 0.15) is 43.1 Å². The van der Waals surface area contributed by atoms with Crippen molar-refractivity contribution in [3.63, 3.8) is 0 Å². The van der Waals surface area contributed by atoms with Crippen LogP contribution in [-0.2, 0) is 14.3 Å². The largest absolute Gasteiger partial charge is 0.447 e. The van der Waals surface area contributed by atoms with Gasteiger partial charge in [-0.05, 0) is 65.7 Å². The van der Waals surface area contributed by atoms with Gasteiger partial charge in [0.05, 0.1) is 18.3 Å². The number of methoxy groups -OCH3 is 1. The van der Waals surface area contributed by atoms with E-state index in [4.69, 9.17) is 37.7 Å². The Morgan fingerprint density at radius 1 is 1.14 bits per heavy atom. The molecule has 0 aliphatic carbocycles. The summed E-state index contributed by atoms with van der Waals surface area (Å²) in [6, 6.07) is 10.2. The minimum atomic E-state index is -0.579. The van der Waals surface area contributed by atoms with E-state index >= 15 is 0 Å². The van der Waals surface area contributed by atoms with E-state index < -0.39 is 12.1 Å². The third-order valence-electron chi connectivity index (χ3n) is 6.85. The Morgan fingerprint density at radius 2 is 2.02 bits per heavy atom. The molecule has 0 saturated heterocycles. The molecular weight excluding hydrogens is 609 g/mol. The maximum atomic E-state index is 13.1. The third-order valence-corrected chi connectivity index (χ3v) is 7.36. The number of hydrogen-bond acceptors (Lipinski definition) is 9. The van der Waals surface area contributed by atoms with E-state index in [-0.39, 0.29) is 12.5 Å². The number of aromatic amines is 1. The highest BCUT2D eigenvalue weighted by Crippen LogP contribution is 2.36. The summed E-state index contributed by atoms with van der Waals surface area (Å²) in [6.07, 6.45) is 7.33. The molecule has 13 nitrogen and oxygen atoms in total. The average Bonchev–Trinajstić information content (AvgIpc) is 3.67. The highest BCUT2D eigenvalue weighted by atomic mass is 35.5. The van der Waals surface area contributed by atoms with Crippen molar-refractivity contribution in [3.05, 3.63) is 70.4 Å².